The predicted octanol–water partition coefficient (Wildman–Crippen LogP) is 1.15. The van der Waals surface area contributed by atoms with Gasteiger partial charge in [0.15, 0.2) is 0 Å². The average Bonchev–Trinajstić information content (AvgIpc) is 2.11. The van der Waals surface area contributed by atoms with E-state index in [0.717, 1.165) is 6.42 Å². The van der Waals surface area contributed by atoms with Gasteiger partial charge in [0.05, 0.1) is 6.04 Å². The number of amides is 1. The molecule has 2 N–H and O–H groups in total. The third kappa shape index (κ3) is 4.27. The fraction of sp³-hybridized carbons (Fsp3) is 0.900. The number of hydrogen-bond donors (Lipinski definition) is 2. The molecule has 0 rings (SSSR count). The number of likely N-dealkylation sites (N-methyl/N-ethyl adjacent to an activating group) is 1. The number of carbonyl (C=O) groups is 1. The maximum atomic E-state index is 11.5. The Hall–Kier alpha value is -0.570. The van der Waals surface area contributed by atoms with Gasteiger partial charge in [-0.05, 0) is 5.92 Å². The van der Waals surface area contributed by atoms with Crippen molar-refractivity contribution in [1.29, 1.82) is 0 Å². The number of nitrogens with one attached hydrogen (secondary N) is 2. The first-order chi connectivity index (χ1) is 6.02. The summed E-state index contributed by atoms with van der Waals surface area (Å²) < 4.78 is 0. The van der Waals surface area contributed by atoms with Crippen LogP contribution >= 0.6 is 0 Å². The molecule has 3 heteroatoms. The Labute approximate surface area is 81.3 Å². The molecule has 2 atom stereocenters. The number of rotatable bonds is 5. The van der Waals surface area contributed by atoms with Crippen molar-refractivity contribution in [3.05, 3.63) is 0 Å². The van der Waals surface area contributed by atoms with E-state index in [0.29, 0.717) is 12.0 Å². The molecule has 0 aliphatic rings. The van der Waals surface area contributed by atoms with Gasteiger partial charge in [0.2, 0.25) is 5.91 Å². The van der Waals surface area contributed by atoms with E-state index in [-0.39, 0.29) is 11.9 Å². The van der Waals surface area contributed by atoms with Crippen molar-refractivity contribution in [1.82, 2.24) is 10.6 Å². The lowest BCUT2D eigenvalue weighted by Gasteiger charge is -2.24. The average molecular weight is 186 g/mol. The molecule has 78 valence electrons. The molecule has 2 unspecified atom stereocenters. The number of hydrogen-bond acceptors (Lipinski definition) is 2. The molecule has 1 amide bonds. The van der Waals surface area contributed by atoms with Gasteiger partial charge in [-0.1, -0.05) is 34.1 Å². The molecule has 3 nitrogen and oxygen atoms in total. The van der Waals surface area contributed by atoms with Crippen molar-refractivity contribution < 1.29 is 4.79 Å². The first-order valence-electron chi connectivity index (χ1n) is 5.00. The lowest BCUT2D eigenvalue weighted by molar-refractivity contribution is -0.124. The van der Waals surface area contributed by atoms with E-state index >= 15 is 0 Å². The second-order valence-electron chi connectivity index (χ2n) is 3.80. The molecule has 0 bridgehead atoms. The van der Waals surface area contributed by atoms with Gasteiger partial charge in [0.25, 0.3) is 0 Å². The van der Waals surface area contributed by atoms with E-state index in [9.17, 15) is 4.79 Å². The van der Waals surface area contributed by atoms with Gasteiger partial charge in [-0.15, -0.1) is 0 Å². The molecule has 0 spiro atoms. The summed E-state index contributed by atoms with van der Waals surface area (Å²) in [5.74, 6) is 0.463. The highest BCUT2D eigenvalue weighted by molar-refractivity contribution is 5.81. The van der Waals surface area contributed by atoms with E-state index in [2.05, 4.69) is 38.3 Å². The van der Waals surface area contributed by atoms with Crippen molar-refractivity contribution in [2.75, 3.05) is 7.05 Å². The summed E-state index contributed by atoms with van der Waals surface area (Å²) in [5, 5.41) is 5.95. The Morgan fingerprint density at radius 2 is 1.85 bits per heavy atom. The SMILES string of the molecule is CCC(C)C(NC(C)C)C(=O)NC. The summed E-state index contributed by atoms with van der Waals surface area (Å²) in [6, 6.07) is 0.284. The highest BCUT2D eigenvalue weighted by Crippen LogP contribution is 2.08. The van der Waals surface area contributed by atoms with Gasteiger partial charge >= 0.3 is 0 Å². The minimum atomic E-state index is -0.0602. The van der Waals surface area contributed by atoms with Gasteiger partial charge in [-0.2, -0.15) is 0 Å². The van der Waals surface area contributed by atoms with E-state index in [4.69, 9.17) is 0 Å². The second-order valence-corrected chi connectivity index (χ2v) is 3.80. The Kier molecular flexibility index (Phi) is 5.71. The third-order valence-corrected chi connectivity index (χ3v) is 2.25. The molecule has 0 radical (unpaired) electrons. The van der Waals surface area contributed by atoms with E-state index in [1.807, 2.05) is 0 Å². The molecule has 0 aromatic rings. The number of carbonyl (C=O) groups excluding carboxylic acids is 1. The van der Waals surface area contributed by atoms with Crippen LogP contribution in [0, 0.1) is 5.92 Å². The lowest BCUT2D eigenvalue weighted by atomic mass is 9.98. The molecule has 0 aliphatic heterocycles. The van der Waals surface area contributed by atoms with Crippen LogP contribution in [0.1, 0.15) is 34.1 Å². The summed E-state index contributed by atoms with van der Waals surface area (Å²) in [4.78, 5) is 11.5. The van der Waals surface area contributed by atoms with Gasteiger partial charge in [0.1, 0.15) is 0 Å². The summed E-state index contributed by atoms with van der Waals surface area (Å²) in [6.45, 7) is 8.30. The molecule has 0 saturated carbocycles. The van der Waals surface area contributed by atoms with E-state index < -0.39 is 0 Å². The van der Waals surface area contributed by atoms with Crippen LogP contribution in [-0.4, -0.2) is 25.0 Å². The minimum Gasteiger partial charge on any atom is -0.358 e. The first-order valence-corrected chi connectivity index (χ1v) is 5.00. The fourth-order valence-electron chi connectivity index (χ4n) is 1.25. The van der Waals surface area contributed by atoms with Crippen LogP contribution in [0.2, 0.25) is 0 Å². The second kappa shape index (κ2) is 5.97. The molecular weight excluding hydrogens is 164 g/mol. The highest BCUT2D eigenvalue weighted by atomic mass is 16.2. The summed E-state index contributed by atoms with van der Waals surface area (Å²) in [5.41, 5.74) is 0. The summed E-state index contributed by atoms with van der Waals surface area (Å²) in [7, 11) is 1.68. The maximum absolute atomic E-state index is 11.5. The lowest BCUT2D eigenvalue weighted by Crippen LogP contribution is -2.49. The maximum Gasteiger partial charge on any atom is 0.237 e. The zero-order valence-corrected chi connectivity index (χ0v) is 9.35. The highest BCUT2D eigenvalue weighted by Gasteiger charge is 2.22. The van der Waals surface area contributed by atoms with Crippen LogP contribution in [0.5, 0.6) is 0 Å². The minimum absolute atomic E-state index is 0.0602. The Morgan fingerprint density at radius 3 is 2.15 bits per heavy atom. The molecule has 0 fully saturated rings. The zero-order chi connectivity index (χ0) is 10.4. The molecule has 0 heterocycles. The Bertz CT molecular complexity index is 157. The topological polar surface area (TPSA) is 41.1 Å². The standard InChI is InChI=1S/C10H22N2O/c1-6-8(4)9(10(13)11-5)12-7(2)3/h7-9,12H,6H2,1-5H3,(H,11,13). The van der Waals surface area contributed by atoms with Crippen molar-refractivity contribution in [3.63, 3.8) is 0 Å². The molecule has 0 aliphatic carbocycles. The first kappa shape index (κ1) is 12.4. The Morgan fingerprint density at radius 1 is 1.31 bits per heavy atom. The molecule has 13 heavy (non-hydrogen) atoms. The normalized spacial score (nSPS) is 15.5. The molecule has 0 aromatic carbocycles. The van der Waals surface area contributed by atoms with Crippen molar-refractivity contribution in [2.24, 2.45) is 5.92 Å². The summed E-state index contributed by atoms with van der Waals surface area (Å²) in [6.07, 6.45) is 1.01. The molecule has 0 aromatic heterocycles. The quantitative estimate of drug-likeness (QED) is 0.676. The Balaban J connectivity index is 4.26. The van der Waals surface area contributed by atoms with Crippen molar-refractivity contribution >= 4 is 5.91 Å². The van der Waals surface area contributed by atoms with Gasteiger partial charge in [-0.25, -0.2) is 0 Å². The van der Waals surface area contributed by atoms with E-state index in [1.165, 1.54) is 0 Å². The van der Waals surface area contributed by atoms with E-state index in [1.54, 1.807) is 7.05 Å². The molecular formula is C10H22N2O. The van der Waals surface area contributed by atoms with Crippen LogP contribution in [0.4, 0.5) is 0 Å². The zero-order valence-electron chi connectivity index (χ0n) is 9.35. The molecule has 0 saturated heterocycles. The van der Waals surface area contributed by atoms with Gasteiger partial charge in [0, 0.05) is 13.1 Å². The largest absolute Gasteiger partial charge is 0.358 e. The summed E-state index contributed by atoms with van der Waals surface area (Å²) >= 11 is 0. The van der Waals surface area contributed by atoms with Crippen LogP contribution in [0.15, 0.2) is 0 Å². The van der Waals surface area contributed by atoms with Crippen LogP contribution in [0.3, 0.4) is 0 Å². The van der Waals surface area contributed by atoms with Gasteiger partial charge < -0.3 is 10.6 Å². The smallest absolute Gasteiger partial charge is 0.237 e. The van der Waals surface area contributed by atoms with Crippen LogP contribution < -0.4 is 10.6 Å². The van der Waals surface area contributed by atoms with Crippen LogP contribution in [0.25, 0.3) is 0 Å². The third-order valence-electron chi connectivity index (χ3n) is 2.25. The van der Waals surface area contributed by atoms with Gasteiger partial charge in [-0.3, -0.25) is 4.79 Å². The van der Waals surface area contributed by atoms with Crippen molar-refractivity contribution in [3.8, 4) is 0 Å². The fourth-order valence-corrected chi connectivity index (χ4v) is 1.25. The predicted molar refractivity (Wildman–Crippen MR) is 55.6 cm³/mol. The monoisotopic (exact) mass is 186 g/mol. The van der Waals surface area contributed by atoms with Crippen molar-refractivity contribution in [2.45, 2.75) is 46.2 Å². The van der Waals surface area contributed by atoms with Crippen LogP contribution in [-0.2, 0) is 4.79 Å².